The topological polar surface area (TPSA) is 64.6 Å². The number of hydrogen-bond donors (Lipinski definition) is 1. The zero-order chi connectivity index (χ0) is 15.8. The van der Waals surface area contributed by atoms with Gasteiger partial charge in [0.15, 0.2) is 23.9 Å². The number of benzene rings is 1. The molecule has 0 heterocycles. The lowest BCUT2D eigenvalue weighted by Gasteiger charge is -2.19. The van der Waals surface area contributed by atoms with Crippen molar-refractivity contribution in [1.29, 1.82) is 0 Å². The summed E-state index contributed by atoms with van der Waals surface area (Å²) in [4.78, 5) is 23.1. The van der Waals surface area contributed by atoms with Crippen molar-refractivity contribution in [2.24, 2.45) is 5.92 Å². The van der Waals surface area contributed by atoms with E-state index in [1.54, 1.807) is 25.1 Å². The van der Waals surface area contributed by atoms with Crippen molar-refractivity contribution in [1.82, 2.24) is 5.32 Å². The van der Waals surface area contributed by atoms with Crippen LogP contribution >= 0.6 is 0 Å². The summed E-state index contributed by atoms with van der Waals surface area (Å²) in [6.07, 6.45) is -0.0135. The Kier molecular flexibility index (Phi) is 6.72. The average Bonchev–Trinajstić information content (AvgIpc) is 2.46. The second-order valence-electron chi connectivity index (χ2n) is 5.12. The summed E-state index contributed by atoms with van der Waals surface area (Å²) in [6.45, 7) is 8.55. The Morgan fingerprint density at radius 1 is 1.33 bits per heavy atom. The summed E-state index contributed by atoms with van der Waals surface area (Å²) in [6, 6.07) is 5.05. The van der Waals surface area contributed by atoms with Crippen LogP contribution in [0.15, 0.2) is 18.2 Å². The first-order valence-electron chi connectivity index (χ1n) is 7.14. The first-order chi connectivity index (χ1) is 9.99. The smallest absolute Gasteiger partial charge is 0.260 e. The molecule has 0 saturated heterocycles. The van der Waals surface area contributed by atoms with Gasteiger partial charge in [-0.05, 0) is 31.9 Å². The lowest BCUT2D eigenvalue weighted by atomic mass is 10.2. The predicted octanol–water partition coefficient (Wildman–Crippen LogP) is 2.44. The van der Waals surface area contributed by atoms with E-state index in [9.17, 15) is 9.59 Å². The molecule has 0 aromatic heterocycles. The molecule has 1 atom stereocenters. The van der Waals surface area contributed by atoms with Crippen LogP contribution in [0.1, 0.15) is 38.1 Å². The van der Waals surface area contributed by atoms with Crippen LogP contribution in [0.25, 0.3) is 0 Å². The lowest BCUT2D eigenvalue weighted by Crippen LogP contribution is -2.38. The van der Waals surface area contributed by atoms with Crippen LogP contribution in [-0.2, 0) is 4.79 Å². The Hall–Kier alpha value is -2.04. The quantitative estimate of drug-likeness (QED) is 0.748. The van der Waals surface area contributed by atoms with Crippen molar-refractivity contribution < 1.29 is 19.1 Å². The molecule has 0 saturated carbocycles. The monoisotopic (exact) mass is 293 g/mol. The molecule has 116 valence electrons. The molecule has 1 unspecified atom stereocenters. The molecule has 1 N–H and O–H groups in total. The van der Waals surface area contributed by atoms with Crippen molar-refractivity contribution in [2.75, 3.05) is 13.2 Å². The Balaban J connectivity index is 2.85. The number of ether oxygens (including phenoxy) is 2. The highest BCUT2D eigenvalue weighted by Gasteiger charge is 2.19. The van der Waals surface area contributed by atoms with E-state index in [1.165, 1.54) is 0 Å². The van der Waals surface area contributed by atoms with E-state index in [0.29, 0.717) is 42.4 Å². The van der Waals surface area contributed by atoms with E-state index in [2.05, 4.69) is 5.32 Å². The van der Waals surface area contributed by atoms with Crippen LogP contribution in [0.4, 0.5) is 0 Å². The third-order valence-corrected chi connectivity index (χ3v) is 2.78. The predicted molar refractivity (Wildman–Crippen MR) is 80.9 cm³/mol. The zero-order valence-corrected chi connectivity index (χ0v) is 13.0. The van der Waals surface area contributed by atoms with Crippen LogP contribution < -0.4 is 14.8 Å². The molecule has 1 aromatic rings. The summed E-state index contributed by atoms with van der Waals surface area (Å²) in [5.41, 5.74) is 0.365. The maximum absolute atomic E-state index is 12.0. The number of carbonyl (C=O) groups is 2. The molecule has 1 aromatic carbocycles. The highest BCUT2D eigenvalue weighted by molar-refractivity contribution is 5.83. The molecular formula is C16H23NO4. The van der Waals surface area contributed by atoms with Gasteiger partial charge in [-0.3, -0.25) is 9.59 Å². The minimum Gasteiger partial charge on any atom is -0.490 e. The number of aldehydes is 1. The molecule has 0 spiro atoms. The van der Waals surface area contributed by atoms with Gasteiger partial charge in [0.25, 0.3) is 5.91 Å². The maximum atomic E-state index is 12.0. The van der Waals surface area contributed by atoms with E-state index in [1.807, 2.05) is 20.8 Å². The Morgan fingerprint density at radius 2 is 2.05 bits per heavy atom. The second kappa shape index (κ2) is 8.29. The number of hydrogen-bond acceptors (Lipinski definition) is 4. The maximum Gasteiger partial charge on any atom is 0.260 e. The standard InChI is InChI=1S/C16H23NO4/c1-5-20-14-8-6-7-13(10-18)15(14)21-12(4)16(19)17-9-11(2)3/h6-8,10-12H,5,9H2,1-4H3,(H,17,19). The molecule has 5 heteroatoms. The molecule has 1 rings (SSSR count). The van der Waals surface area contributed by atoms with Crippen molar-refractivity contribution in [3.63, 3.8) is 0 Å². The minimum atomic E-state index is -0.705. The number of rotatable bonds is 8. The lowest BCUT2D eigenvalue weighted by molar-refractivity contribution is -0.127. The third-order valence-electron chi connectivity index (χ3n) is 2.78. The van der Waals surface area contributed by atoms with Gasteiger partial charge in [0.2, 0.25) is 0 Å². The summed E-state index contributed by atoms with van der Waals surface area (Å²) in [7, 11) is 0. The molecule has 0 bridgehead atoms. The van der Waals surface area contributed by atoms with Crippen molar-refractivity contribution in [3.8, 4) is 11.5 Å². The highest BCUT2D eigenvalue weighted by Crippen LogP contribution is 2.31. The van der Waals surface area contributed by atoms with Gasteiger partial charge in [-0.2, -0.15) is 0 Å². The summed E-state index contributed by atoms with van der Waals surface area (Å²) in [5.74, 6) is 0.918. The van der Waals surface area contributed by atoms with Crippen molar-refractivity contribution >= 4 is 12.2 Å². The highest BCUT2D eigenvalue weighted by atomic mass is 16.5. The van der Waals surface area contributed by atoms with Gasteiger partial charge >= 0.3 is 0 Å². The van der Waals surface area contributed by atoms with Crippen LogP contribution in [0.2, 0.25) is 0 Å². The van der Waals surface area contributed by atoms with Gasteiger partial charge in [-0.25, -0.2) is 0 Å². The Labute approximate surface area is 125 Å². The van der Waals surface area contributed by atoms with Gasteiger partial charge in [-0.1, -0.05) is 19.9 Å². The molecule has 5 nitrogen and oxygen atoms in total. The SMILES string of the molecule is CCOc1cccc(C=O)c1OC(C)C(=O)NCC(C)C. The number of amides is 1. The van der Waals surface area contributed by atoms with Crippen LogP contribution in [0, 0.1) is 5.92 Å². The fourth-order valence-corrected chi connectivity index (χ4v) is 1.70. The summed E-state index contributed by atoms with van der Waals surface area (Å²) >= 11 is 0. The van der Waals surface area contributed by atoms with Crippen LogP contribution in [0.3, 0.4) is 0 Å². The van der Waals surface area contributed by atoms with Crippen molar-refractivity contribution in [2.45, 2.75) is 33.8 Å². The average molecular weight is 293 g/mol. The Bertz CT molecular complexity index is 485. The van der Waals surface area contributed by atoms with Gasteiger partial charge < -0.3 is 14.8 Å². The molecule has 0 radical (unpaired) electrons. The van der Waals surface area contributed by atoms with E-state index in [0.717, 1.165) is 0 Å². The molecule has 21 heavy (non-hydrogen) atoms. The van der Waals surface area contributed by atoms with Gasteiger partial charge in [0.05, 0.1) is 12.2 Å². The van der Waals surface area contributed by atoms with Crippen LogP contribution in [-0.4, -0.2) is 31.4 Å². The first-order valence-corrected chi connectivity index (χ1v) is 7.14. The third kappa shape index (κ3) is 5.10. The normalized spacial score (nSPS) is 11.9. The number of nitrogens with one attached hydrogen (secondary N) is 1. The van der Waals surface area contributed by atoms with Gasteiger partial charge in [0.1, 0.15) is 0 Å². The first kappa shape index (κ1) is 17.0. The molecule has 0 aliphatic heterocycles. The molecule has 0 aliphatic rings. The van der Waals surface area contributed by atoms with Gasteiger partial charge in [0, 0.05) is 6.54 Å². The fourth-order valence-electron chi connectivity index (χ4n) is 1.70. The fraction of sp³-hybridized carbons (Fsp3) is 0.500. The number of carbonyl (C=O) groups excluding carboxylic acids is 2. The summed E-state index contributed by atoms with van der Waals surface area (Å²) < 4.78 is 11.1. The number of para-hydroxylation sites is 1. The summed E-state index contributed by atoms with van der Waals surface area (Å²) in [5, 5.41) is 2.80. The van der Waals surface area contributed by atoms with Gasteiger partial charge in [-0.15, -0.1) is 0 Å². The Morgan fingerprint density at radius 3 is 2.62 bits per heavy atom. The minimum absolute atomic E-state index is 0.216. The molecule has 1 amide bonds. The van der Waals surface area contributed by atoms with Crippen LogP contribution in [0.5, 0.6) is 11.5 Å². The largest absolute Gasteiger partial charge is 0.490 e. The second-order valence-corrected chi connectivity index (χ2v) is 5.12. The van der Waals surface area contributed by atoms with E-state index >= 15 is 0 Å². The molecule has 0 fully saturated rings. The molecule has 0 aliphatic carbocycles. The zero-order valence-electron chi connectivity index (χ0n) is 13.0. The molecular weight excluding hydrogens is 270 g/mol. The van der Waals surface area contributed by atoms with E-state index in [-0.39, 0.29) is 5.91 Å². The van der Waals surface area contributed by atoms with E-state index in [4.69, 9.17) is 9.47 Å². The van der Waals surface area contributed by atoms with E-state index < -0.39 is 6.10 Å². The van der Waals surface area contributed by atoms with Crippen molar-refractivity contribution in [3.05, 3.63) is 23.8 Å².